The Morgan fingerprint density at radius 2 is 2.25 bits per heavy atom. The van der Waals surface area contributed by atoms with Gasteiger partial charge in [-0.2, -0.15) is 0 Å². The van der Waals surface area contributed by atoms with Crippen LogP contribution in [0.2, 0.25) is 0 Å². The lowest BCUT2D eigenvalue weighted by Crippen LogP contribution is -2.33. The minimum absolute atomic E-state index is 0.137. The SMILES string of the molecule is CN(CCc1ccccc1C(=O)O)CC1CNC(=O)O1. The number of carboxylic acids is 1. The highest BCUT2D eigenvalue weighted by Crippen LogP contribution is 2.10. The Labute approximate surface area is 117 Å². The average molecular weight is 278 g/mol. The van der Waals surface area contributed by atoms with E-state index in [0.29, 0.717) is 31.6 Å². The molecule has 1 unspecified atom stereocenters. The summed E-state index contributed by atoms with van der Waals surface area (Å²) in [7, 11) is 1.93. The van der Waals surface area contributed by atoms with Gasteiger partial charge in [-0.1, -0.05) is 18.2 Å². The van der Waals surface area contributed by atoms with Gasteiger partial charge in [0.2, 0.25) is 0 Å². The number of rotatable bonds is 6. The summed E-state index contributed by atoms with van der Waals surface area (Å²) in [5.74, 6) is -0.905. The van der Waals surface area contributed by atoms with Crippen LogP contribution in [-0.4, -0.2) is 54.9 Å². The van der Waals surface area contributed by atoms with Crippen LogP contribution >= 0.6 is 0 Å². The first-order valence-corrected chi connectivity index (χ1v) is 6.50. The van der Waals surface area contributed by atoms with Crippen molar-refractivity contribution in [2.24, 2.45) is 0 Å². The van der Waals surface area contributed by atoms with Gasteiger partial charge < -0.3 is 20.1 Å². The van der Waals surface area contributed by atoms with E-state index in [1.54, 1.807) is 12.1 Å². The van der Waals surface area contributed by atoms with Crippen LogP contribution in [0.15, 0.2) is 24.3 Å². The van der Waals surface area contributed by atoms with Crippen LogP contribution in [0.3, 0.4) is 0 Å². The van der Waals surface area contributed by atoms with Crippen molar-refractivity contribution in [2.45, 2.75) is 12.5 Å². The predicted molar refractivity (Wildman–Crippen MR) is 72.9 cm³/mol. The van der Waals surface area contributed by atoms with Gasteiger partial charge in [0.05, 0.1) is 12.1 Å². The molecule has 0 saturated carbocycles. The number of alkyl carbamates (subject to hydrolysis) is 1. The molecule has 1 fully saturated rings. The highest BCUT2D eigenvalue weighted by Gasteiger charge is 2.23. The average Bonchev–Trinajstić information content (AvgIpc) is 2.82. The Hall–Kier alpha value is -2.08. The zero-order chi connectivity index (χ0) is 14.5. The zero-order valence-electron chi connectivity index (χ0n) is 11.3. The molecule has 1 atom stereocenters. The summed E-state index contributed by atoms with van der Waals surface area (Å²) in [6.07, 6.45) is 0.134. The van der Waals surface area contributed by atoms with Gasteiger partial charge in [-0.05, 0) is 25.1 Å². The molecule has 1 saturated heterocycles. The fraction of sp³-hybridized carbons (Fsp3) is 0.429. The summed E-state index contributed by atoms with van der Waals surface area (Å²) < 4.78 is 5.06. The molecule has 1 aromatic rings. The Kier molecular flexibility index (Phi) is 4.57. The number of carbonyl (C=O) groups excluding carboxylic acids is 1. The molecule has 6 nitrogen and oxygen atoms in total. The summed E-state index contributed by atoms with van der Waals surface area (Å²) in [5.41, 5.74) is 1.16. The smallest absolute Gasteiger partial charge is 0.407 e. The Morgan fingerprint density at radius 3 is 2.90 bits per heavy atom. The lowest BCUT2D eigenvalue weighted by atomic mass is 10.0. The predicted octanol–water partition coefficient (Wildman–Crippen LogP) is 0.968. The van der Waals surface area contributed by atoms with E-state index in [2.05, 4.69) is 5.32 Å². The van der Waals surface area contributed by atoms with E-state index in [1.165, 1.54) is 0 Å². The Bertz CT molecular complexity index is 504. The minimum Gasteiger partial charge on any atom is -0.478 e. The number of nitrogens with zero attached hydrogens (tertiary/aromatic N) is 1. The molecule has 2 N–H and O–H groups in total. The van der Waals surface area contributed by atoms with Crippen molar-refractivity contribution in [3.8, 4) is 0 Å². The summed E-state index contributed by atoms with van der Waals surface area (Å²) in [6, 6.07) is 7.00. The number of hydrogen-bond acceptors (Lipinski definition) is 4. The van der Waals surface area contributed by atoms with Gasteiger partial charge in [-0.15, -0.1) is 0 Å². The van der Waals surface area contributed by atoms with E-state index in [-0.39, 0.29) is 12.2 Å². The molecule has 1 aromatic carbocycles. The number of likely N-dealkylation sites (N-methyl/N-ethyl adjacent to an activating group) is 1. The fourth-order valence-electron chi connectivity index (χ4n) is 2.23. The van der Waals surface area contributed by atoms with Gasteiger partial charge in [0.1, 0.15) is 6.10 Å². The van der Waals surface area contributed by atoms with Crippen molar-refractivity contribution in [3.05, 3.63) is 35.4 Å². The monoisotopic (exact) mass is 278 g/mol. The number of amides is 1. The molecule has 2 rings (SSSR count). The Balaban J connectivity index is 1.85. The first-order valence-electron chi connectivity index (χ1n) is 6.50. The zero-order valence-corrected chi connectivity index (χ0v) is 11.3. The van der Waals surface area contributed by atoms with E-state index in [9.17, 15) is 9.59 Å². The summed E-state index contributed by atoms with van der Waals surface area (Å²) in [4.78, 5) is 24.1. The molecular formula is C14H18N2O4. The molecule has 0 spiro atoms. The molecule has 1 aliphatic rings. The molecule has 1 amide bonds. The molecular weight excluding hydrogens is 260 g/mol. The lowest BCUT2D eigenvalue weighted by molar-refractivity contribution is 0.0695. The van der Waals surface area contributed by atoms with E-state index in [1.807, 2.05) is 24.1 Å². The van der Waals surface area contributed by atoms with Gasteiger partial charge in [-0.25, -0.2) is 9.59 Å². The summed E-state index contributed by atoms with van der Waals surface area (Å²) in [5, 5.41) is 11.7. The second-order valence-electron chi connectivity index (χ2n) is 4.88. The van der Waals surface area contributed by atoms with Crippen LogP contribution < -0.4 is 5.32 Å². The maximum absolute atomic E-state index is 11.1. The maximum atomic E-state index is 11.1. The molecule has 1 aliphatic heterocycles. The van der Waals surface area contributed by atoms with Crippen molar-refractivity contribution in [1.82, 2.24) is 10.2 Å². The number of hydrogen-bond donors (Lipinski definition) is 2. The quantitative estimate of drug-likeness (QED) is 0.810. The molecule has 0 bridgehead atoms. The Morgan fingerprint density at radius 1 is 1.50 bits per heavy atom. The number of nitrogens with one attached hydrogen (secondary N) is 1. The summed E-state index contributed by atoms with van der Waals surface area (Å²) in [6.45, 7) is 1.86. The van der Waals surface area contributed by atoms with Crippen LogP contribution in [0.1, 0.15) is 15.9 Å². The van der Waals surface area contributed by atoms with Crippen molar-refractivity contribution >= 4 is 12.1 Å². The highest BCUT2D eigenvalue weighted by molar-refractivity contribution is 5.89. The molecule has 0 aromatic heterocycles. The molecule has 108 valence electrons. The number of aromatic carboxylic acids is 1. The highest BCUT2D eigenvalue weighted by atomic mass is 16.6. The molecule has 20 heavy (non-hydrogen) atoms. The number of ether oxygens (including phenoxy) is 1. The first-order chi connectivity index (χ1) is 9.56. The number of carbonyl (C=O) groups is 2. The van der Waals surface area contributed by atoms with Crippen LogP contribution in [0.5, 0.6) is 0 Å². The standard InChI is InChI=1S/C14H18N2O4/c1-16(9-11-8-15-14(19)20-11)7-6-10-4-2-3-5-12(10)13(17)18/h2-5,11H,6-9H2,1H3,(H,15,19)(H,17,18). The minimum atomic E-state index is -0.905. The largest absolute Gasteiger partial charge is 0.478 e. The van der Waals surface area contributed by atoms with Crippen LogP contribution in [-0.2, 0) is 11.2 Å². The van der Waals surface area contributed by atoms with E-state index in [0.717, 1.165) is 5.56 Å². The first kappa shape index (κ1) is 14.3. The van der Waals surface area contributed by atoms with Crippen LogP contribution in [0.4, 0.5) is 4.79 Å². The molecule has 0 radical (unpaired) electrons. The van der Waals surface area contributed by atoms with Gasteiger partial charge >= 0.3 is 12.1 Å². The number of benzene rings is 1. The second kappa shape index (κ2) is 6.38. The van der Waals surface area contributed by atoms with Gasteiger partial charge in [-0.3, -0.25) is 0 Å². The molecule has 6 heteroatoms. The van der Waals surface area contributed by atoms with Crippen molar-refractivity contribution in [2.75, 3.05) is 26.7 Å². The van der Waals surface area contributed by atoms with Crippen molar-refractivity contribution < 1.29 is 19.4 Å². The fourth-order valence-corrected chi connectivity index (χ4v) is 2.23. The third-order valence-electron chi connectivity index (χ3n) is 3.27. The van der Waals surface area contributed by atoms with Crippen molar-refractivity contribution in [3.63, 3.8) is 0 Å². The van der Waals surface area contributed by atoms with Crippen LogP contribution in [0.25, 0.3) is 0 Å². The summed E-state index contributed by atoms with van der Waals surface area (Å²) >= 11 is 0. The van der Waals surface area contributed by atoms with E-state index >= 15 is 0 Å². The van der Waals surface area contributed by atoms with E-state index in [4.69, 9.17) is 9.84 Å². The van der Waals surface area contributed by atoms with Gasteiger partial charge in [0.25, 0.3) is 0 Å². The number of cyclic esters (lactones) is 1. The lowest BCUT2D eigenvalue weighted by Gasteiger charge is -2.19. The van der Waals surface area contributed by atoms with Crippen LogP contribution in [0, 0.1) is 0 Å². The van der Waals surface area contributed by atoms with Gasteiger partial charge in [0, 0.05) is 13.1 Å². The topological polar surface area (TPSA) is 78.9 Å². The molecule has 0 aliphatic carbocycles. The third kappa shape index (κ3) is 3.71. The second-order valence-corrected chi connectivity index (χ2v) is 4.88. The molecule has 1 heterocycles. The normalized spacial score (nSPS) is 17.9. The number of carboxylic acid groups (broad SMARTS) is 1. The maximum Gasteiger partial charge on any atom is 0.407 e. The van der Waals surface area contributed by atoms with E-state index < -0.39 is 5.97 Å². The van der Waals surface area contributed by atoms with Gasteiger partial charge in [0.15, 0.2) is 0 Å². The van der Waals surface area contributed by atoms with Crippen molar-refractivity contribution in [1.29, 1.82) is 0 Å². The third-order valence-corrected chi connectivity index (χ3v) is 3.27.